The molecule has 0 saturated heterocycles. The van der Waals surface area contributed by atoms with E-state index in [2.05, 4.69) is 9.44 Å². The van der Waals surface area contributed by atoms with Gasteiger partial charge in [-0.05, 0) is 18.8 Å². The maximum atomic E-state index is 11.8. The molecule has 0 aliphatic heterocycles. The fourth-order valence-electron chi connectivity index (χ4n) is 1.97. The molecule has 5 N–H and O–H groups in total. The number of hydrogen-bond donors (Lipinski definition) is 4. The third-order valence-corrected chi connectivity index (χ3v) is 4.19. The molecule has 1 fully saturated rings. The SMILES string of the molecule is CC(C)CNS(=O)(=O)NC1(C(=N)N)CCCC1. The van der Waals surface area contributed by atoms with Crippen molar-refractivity contribution in [2.45, 2.75) is 45.1 Å². The summed E-state index contributed by atoms with van der Waals surface area (Å²) in [6.07, 6.45) is 2.99. The molecule has 0 radical (unpaired) electrons. The van der Waals surface area contributed by atoms with Crippen molar-refractivity contribution < 1.29 is 8.42 Å². The smallest absolute Gasteiger partial charge is 0.277 e. The molecule has 0 amide bonds. The molecule has 6 nitrogen and oxygen atoms in total. The highest BCUT2D eigenvalue weighted by Gasteiger charge is 2.40. The average Bonchev–Trinajstić information content (AvgIpc) is 2.64. The van der Waals surface area contributed by atoms with Crippen LogP contribution in [-0.4, -0.2) is 26.3 Å². The van der Waals surface area contributed by atoms with Gasteiger partial charge in [0.1, 0.15) is 5.84 Å². The van der Waals surface area contributed by atoms with Gasteiger partial charge in [0, 0.05) is 6.54 Å². The van der Waals surface area contributed by atoms with Gasteiger partial charge in [0.2, 0.25) is 0 Å². The fraction of sp³-hybridized carbons (Fsp3) is 0.900. The van der Waals surface area contributed by atoms with Gasteiger partial charge in [-0.25, -0.2) is 4.72 Å². The van der Waals surface area contributed by atoms with Gasteiger partial charge >= 0.3 is 0 Å². The second-order valence-electron chi connectivity index (χ2n) is 5.05. The van der Waals surface area contributed by atoms with Crippen molar-refractivity contribution in [2.75, 3.05) is 6.54 Å². The lowest BCUT2D eigenvalue weighted by molar-refractivity contribution is 0.483. The predicted molar refractivity (Wildman–Crippen MR) is 68.0 cm³/mol. The van der Waals surface area contributed by atoms with Crippen LogP contribution in [0.2, 0.25) is 0 Å². The van der Waals surface area contributed by atoms with Crippen molar-refractivity contribution in [3.05, 3.63) is 0 Å². The first-order valence-corrected chi connectivity index (χ1v) is 7.39. The van der Waals surface area contributed by atoms with Crippen LogP contribution in [-0.2, 0) is 10.2 Å². The summed E-state index contributed by atoms with van der Waals surface area (Å²) in [5, 5.41) is 7.56. The Morgan fingerprint density at radius 3 is 2.35 bits per heavy atom. The van der Waals surface area contributed by atoms with E-state index in [1.807, 2.05) is 13.8 Å². The van der Waals surface area contributed by atoms with Crippen molar-refractivity contribution in [1.29, 1.82) is 5.41 Å². The van der Waals surface area contributed by atoms with E-state index in [1.165, 1.54) is 0 Å². The molecule has 0 bridgehead atoms. The molecular weight excluding hydrogens is 240 g/mol. The maximum absolute atomic E-state index is 11.8. The van der Waals surface area contributed by atoms with E-state index < -0.39 is 15.7 Å². The highest BCUT2D eigenvalue weighted by atomic mass is 32.2. The Morgan fingerprint density at radius 2 is 1.94 bits per heavy atom. The Balaban J connectivity index is 2.70. The molecule has 0 atom stereocenters. The fourth-order valence-corrected chi connectivity index (χ4v) is 3.43. The minimum absolute atomic E-state index is 0.0927. The summed E-state index contributed by atoms with van der Waals surface area (Å²) < 4.78 is 28.7. The van der Waals surface area contributed by atoms with Gasteiger partial charge in [0.05, 0.1) is 5.54 Å². The number of amidine groups is 1. The first-order chi connectivity index (χ1) is 7.77. The molecule has 100 valence electrons. The molecule has 7 heteroatoms. The molecule has 0 aromatic carbocycles. The molecule has 0 heterocycles. The second-order valence-corrected chi connectivity index (χ2v) is 6.55. The minimum atomic E-state index is -3.58. The first kappa shape index (κ1) is 14.4. The molecule has 0 aromatic heterocycles. The molecular formula is C10H22N4O2S. The van der Waals surface area contributed by atoms with Gasteiger partial charge in [-0.3, -0.25) is 5.41 Å². The highest BCUT2D eigenvalue weighted by molar-refractivity contribution is 7.87. The van der Waals surface area contributed by atoms with Gasteiger partial charge < -0.3 is 5.73 Å². The summed E-state index contributed by atoms with van der Waals surface area (Å²) in [5.74, 6) is 0.147. The zero-order chi connectivity index (χ0) is 13.1. The molecule has 0 unspecified atom stereocenters. The zero-order valence-corrected chi connectivity index (χ0v) is 11.2. The van der Waals surface area contributed by atoms with E-state index in [0.29, 0.717) is 19.4 Å². The van der Waals surface area contributed by atoms with E-state index >= 15 is 0 Å². The van der Waals surface area contributed by atoms with Crippen LogP contribution in [0, 0.1) is 11.3 Å². The molecule has 0 aromatic rings. The van der Waals surface area contributed by atoms with E-state index in [4.69, 9.17) is 11.1 Å². The van der Waals surface area contributed by atoms with Crippen LogP contribution in [0.1, 0.15) is 39.5 Å². The monoisotopic (exact) mass is 262 g/mol. The number of nitrogens with one attached hydrogen (secondary N) is 3. The number of rotatable bonds is 6. The topological polar surface area (TPSA) is 108 Å². The van der Waals surface area contributed by atoms with Crippen molar-refractivity contribution in [3.63, 3.8) is 0 Å². The van der Waals surface area contributed by atoms with Crippen LogP contribution in [0.25, 0.3) is 0 Å². The van der Waals surface area contributed by atoms with E-state index in [1.54, 1.807) is 0 Å². The lowest BCUT2D eigenvalue weighted by atomic mass is 9.98. The second kappa shape index (κ2) is 5.32. The van der Waals surface area contributed by atoms with Crippen LogP contribution < -0.4 is 15.2 Å². The Labute approximate surface area is 103 Å². The lowest BCUT2D eigenvalue weighted by Crippen LogP contribution is -2.58. The predicted octanol–water partition coefficient (Wildman–Crippen LogP) is 0.315. The van der Waals surface area contributed by atoms with Crippen LogP contribution >= 0.6 is 0 Å². The van der Waals surface area contributed by atoms with Crippen LogP contribution in [0.3, 0.4) is 0 Å². The third-order valence-electron chi connectivity index (χ3n) is 2.98. The molecule has 17 heavy (non-hydrogen) atoms. The lowest BCUT2D eigenvalue weighted by Gasteiger charge is -2.28. The highest BCUT2D eigenvalue weighted by Crippen LogP contribution is 2.29. The zero-order valence-electron chi connectivity index (χ0n) is 10.4. The van der Waals surface area contributed by atoms with E-state index in [9.17, 15) is 8.42 Å². The van der Waals surface area contributed by atoms with Gasteiger partial charge in [0.25, 0.3) is 10.2 Å². The standard InChI is InChI=1S/C10H22N4O2S/c1-8(2)7-13-17(15,16)14-10(9(11)12)5-3-4-6-10/h8,13-14H,3-7H2,1-2H3,(H3,11,12). The summed E-state index contributed by atoms with van der Waals surface area (Å²) >= 11 is 0. The van der Waals surface area contributed by atoms with E-state index in [-0.39, 0.29) is 11.8 Å². The maximum Gasteiger partial charge on any atom is 0.277 e. The van der Waals surface area contributed by atoms with Crippen LogP contribution in [0.4, 0.5) is 0 Å². The van der Waals surface area contributed by atoms with Crippen molar-refractivity contribution in [1.82, 2.24) is 9.44 Å². The summed E-state index contributed by atoms with van der Waals surface area (Å²) in [7, 11) is -3.58. The Bertz CT molecular complexity index is 372. The normalized spacial score (nSPS) is 19.7. The third kappa shape index (κ3) is 3.93. The summed E-state index contributed by atoms with van der Waals surface area (Å²) in [4.78, 5) is 0. The van der Waals surface area contributed by atoms with Gasteiger partial charge in [-0.2, -0.15) is 13.1 Å². The van der Waals surface area contributed by atoms with Crippen LogP contribution in [0.5, 0.6) is 0 Å². The molecule has 1 aliphatic carbocycles. The summed E-state index contributed by atoms with van der Waals surface area (Å²) in [5.41, 5.74) is 4.65. The molecule has 0 spiro atoms. The minimum Gasteiger partial charge on any atom is -0.386 e. The van der Waals surface area contributed by atoms with Crippen molar-refractivity contribution >= 4 is 16.0 Å². The Hall–Kier alpha value is -0.660. The van der Waals surface area contributed by atoms with Crippen molar-refractivity contribution in [3.8, 4) is 0 Å². The van der Waals surface area contributed by atoms with Gasteiger partial charge in [-0.15, -0.1) is 0 Å². The Kier molecular flexibility index (Phi) is 4.51. The number of nitrogens with two attached hydrogens (primary N) is 1. The van der Waals surface area contributed by atoms with Gasteiger partial charge in [0.15, 0.2) is 0 Å². The molecule has 1 saturated carbocycles. The molecule has 1 aliphatic rings. The van der Waals surface area contributed by atoms with E-state index in [0.717, 1.165) is 12.8 Å². The molecule has 1 rings (SSSR count). The number of hydrogen-bond acceptors (Lipinski definition) is 3. The van der Waals surface area contributed by atoms with Crippen molar-refractivity contribution in [2.24, 2.45) is 11.7 Å². The Morgan fingerprint density at radius 1 is 1.41 bits per heavy atom. The van der Waals surface area contributed by atoms with Gasteiger partial charge in [-0.1, -0.05) is 26.7 Å². The first-order valence-electron chi connectivity index (χ1n) is 5.90. The van der Waals surface area contributed by atoms with Crippen LogP contribution in [0.15, 0.2) is 0 Å². The largest absolute Gasteiger partial charge is 0.386 e. The summed E-state index contributed by atoms with van der Waals surface area (Å²) in [6.45, 7) is 4.24. The average molecular weight is 262 g/mol. The quantitative estimate of drug-likeness (QED) is 0.409. The summed E-state index contributed by atoms with van der Waals surface area (Å²) in [6, 6.07) is 0.